The second kappa shape index (κ2) is 5.76. The van der Waals surface area contributed by atoms with Crippen LogP contribution in [-0.2, 0) is 4.79 Å². The molecule has 2 N–H and O–H groups in total. The Morgan fingerprint density at radius 2 is 2.28 bits per heavy atom. The predicted octanol–water partition coefficient (Wildman–Crippen LogP) is 2.63. The highest BCUT2D eigenvalue weighted by molar-refractivity contribution is 9.10. The van der Waals surface area contributed by atoms with Crippen LogP contribution >= 0.6 is 15.9 Å². The molecule has 6 nitrogen and oxygen atoms in total. The van der Waals surface area contributed by atoms with Gasteiger partial charge in [-0.15, -0.1) is 0 Å². The number of rotatable bonds is 5. The smallest absolute Gasteiger partial charge is 0.308 e. The van der Waals surface area contributed by atoms with Crippen LogP contribution in [0.4, 0.5) is 15.8 Å². The third kappa shape index (κ3) is 3.39. The Balaban J connectivity index is 2.97. The van der Waals surface area contributed by atoms with Gasteiger partial charge in [0, 0.05) is 18.7 Å². The number of benzene rings is 1. The highest BCUT2D eigenvalue weighted by atomic mass is 79.9. The van der Waals surface area contributed by atoms with E-state index in [9.17, 15) is 19.3 Å². The topological polar surface area (TPSA) is 92.5 Å². The zero-order chi connectivity index (χ0) is 13.9. The van der Waals surface area contributed by atoms with Crippen LogP contribution in [0.25, 0.3) is 0 Å². The summed E-state index contributed by atoms with van der Waals surface area (Å²) in [5.41, 5.74) is -0.366. The Bertz CT molecular complexity index is 495. The number of nitrogens with zero attached hydrogens (tertiary/aromatic N) is 1. The lowest BCUT2D eigenvalue weighted by atomic mass is 10.2. The monoisotopic (exact) mass is 320 g/mol. The van der Waals surface area contributed by atoms with Gasteiger partial charge in [0.15, 0.2) is 0 Å². The average molecular weight is 321 g/mol. The lowest BCUT2D eigenvalue weighted by Gasteiger charge is -2.10. The first-order valence-electron chi connectivity index (χ1n) is 4.93. The lowest BCUT2D eigenvalue weighted by molar-refractivity contribution is -0.384. The minimum absolute atomic E-state index is 0.0222. The molecule has 0 spiro atoms. The molecule has 1 rings (SSSR count). The van der Waals surface area contributed by atoms with Gasteiger partial charge < -0.3 is 10.4 Å². The molecular weight excluding hydrogens is 311 g/mol. The summed E-state index contributed by atoms with van der Waals surface area (Å²) in [5.74, 6) is -2.44. The van der Waals surface area contributed by atoms with Crippen LogP contribution in [0.3, 0.4) is 0 Å². The molecule has 0 fully saturated rings. The predicted molar refractivity (Wildman–Crippen MR) is 66.0 cm³/mol. The number of carboxylic acids is 1. The van der Waals surface area contributed by atoms with Gasteiger partial charge in [-0.25, -0.2) is 4.39 Å². The molecule has 1 aromatic carbocycles. The SMILES string of the molecule is CC(CNc1cc(F)c(Br)cc1[N+](=O)[O-])C(=O)O. The van der Waals surface area contributed by atoms with E-state index in [1.54, 1.807) is 0 Å². The van der Waals surface area contributed by atoms with Gasteiger partial charge in [-0.2, -0.15) is 0 Å². The van der Waals surface area contributed by atoms with Crippen molar-refractivity contribution in [3.8, 4) is 0 Å². The van der Waals surface area contributed by atoms with E-state index in [0.29, 0.717) is 0 Å². The molecule has 0 saturated heterocycles. The summed E-state index contributed by atoms with van der Waals surface area (Å²) in [4.78, 5) is 20.7. The molecule has 0 amide bonds. The highest BCUT2D eigenvalue weighted by Gasteiger charge is 2.19. The number of nitro benzene ring substituents is 1. The van der Waals surface area contributed by atoms with Crippen LogP contribution < -0.4 is 5.32 Å². The van der Waals surface area contributed by atoms with Gasteiger partial charge in [0.1, 0.15) is 11.5 Å². The summed E-state index contributed by atoms with van der Waals surface area (Å²) in [6.45, 7) is 1.41. The third-order valence-electron chi connectivity index (χ3n) is 2.26. The van der Waals surface area contributed by atoms with Crippen LogP contribution in [0.15, 0.2) is 16.6 Å². The number of hydrogen-bond acceptors (Lipinski definition) is 4. The zero-order valence-corrected chi connectivity index (χ0v) is 10.9. The average Bonchev–Trinajstić information content (AvgIpc) is 2.29. The van der Waals surface area contributed by atoms with Gasteiger partial charge in [0.2, 0.25) is 0 Å². The van der Waals surface area contributed by atoms with Crippen molar-refractivity contribution < 1.29 is 19.2 Å². The van der Waals surface area contributed by atoms with Crippen molar-refractivity contribution >= 4 is 33.3 Å². The van der Waals surface area contributed by atoms with Gasteiger partial charge in [-0.05, 0) is 15.9 Å². The van der Waals surface area contributed by atoms with Gasteiger partial charge in [0.25, 0.3) is 5.69 Å². The molecule has 0 bridgehead atoms. The molecule has 0 aliphatic carbocycles. The fourth-order valence-electron chi connectivity index (χ4n) is 1.18. The third-order valence-corrected chi connectivity index (χ3v) is 2.86. The summed E-state index contributed by atoms with van der Waals surface area (Å²) in [5, 5.41) is 22.0. The minimum atomic E-state index is -1.04. The maximum atomic E-state index is 13.3. The van der Waals surface area contributed by atoms with Crippen molar-refractivity contribution in [1.82, 2.24) is 0 Å². The molecule has 8 heteroatoms. The summed E-state index contributed by atoms with van der Waals surface area (Å²) in [6, 6.07) is 1.99. The lowest BCUT2D eigenvalue weighted by Crippen LogP contribution is -2.20. The van der Waals surface area contributed by atoms with Gasteiger partial charge in [0.05, 0.1) is 15.3 Å². The fraction of sp³-hybridized carbons (Fsp3) is 0.300. The second-order valence-electron chi connectivity index (χ2n) is 3.66. The standard InChI is InChI=1S/C10H10BrFN2O4/c1-5(10(15)16)4-13-8-3-7(12)6(11)2-9(8)14(17)18/h2-3,5,13H,4H2,1H3,(H,15,16). The van der Waals surface area contributed by atoms with E-state index in [0.717, 1.165) is 12.1 Å². The van der Waals surface area contributed by atoms with E-state index < -0.39 is 22.6 Å². The summed E-state index contributed by atoms with van der Waals surface area (Å²) in [7, 11) is 0. The Labute approximate surface area is 110 Å². The maximum absolute atomic E-state index is 13.3. The number of nitro groups is 1. The molecule has 1 unspecified atom stereocenters. The minimum Gasteiger partial charge on any atom is -0.481 e. The Morgan fingerprint density at radius 1 is 1.67 bits per heavy atom. The van der Waals surface area contributed by atoms with E-state index in [1.807, 2.05) is 0 Å². The number of anilines is 1. The van der Waals surface area contributed by atoms with Gasteiger partial charge in [-0.3, -0.25) is 14.9 Å². The fourth-order valence-corrected chi connectivity index (χ4v) is 1.51. The summed E-state index contributed by atoms with van der Waals surface area (Å²) >= 11 is 2.85. The van der Waals surface area contributed by atoms with Crippen molar-refractivity contribution in [2.75, 3.05) is 11.9 Å². The molecule has 98 valence electrons. The van der Waals surface area contributed by atoms with Crippen molar-refractivity contribution in [3.63, 3.8) is 0 Å². The van der Waals surface area contributed by atoms with Crippen LogP contribution in [0.5, 0.6) is 0 Å². The molecular formula is C10H10BrFN2O4. The molecule has 0 aromatic heterocycles. The van der Waals surface area contributed by atoms with Crippen molar-refractivity contribution in [2.24, 2.45) is 5.92 Å². The van der Waals surface area contributed by atoms with E-state index in [-0.39, 0.29) is 22.4 Å². The molecule has 1 atom stereocenters. The van der Waals surface area contributed by atoms with E-state index in [2.05, 4.69) is 21.2 Å². The van der Waals surface area contributed by atoms with Crippen LogP contribution in [0.1, 0.15) is 6.92 Å². The van der Waals surface area contributed by atoms with Crippen molar-refractivity contribution in [1.29, 1.82) is 0 Å². The Hall–Kier alpha value is -1.70. The number of aliphatic carboxylic acids is 1. The molecule has 1 aromatic rings. The number of nitrogens with one attached hydrogen (secondary N) is 1. The molecule has 0 aliphatic heterocycles. The first-order chi connectivity index (χ1) is 8.32. The van der Waals surface area contributed by atoms with Gasteiger partial charge >= 0.3 is 5.97 Å². The molecule has 0 saturated carbocycles. The normalized spacial score (nSPS) is 11.9. The van der Waals surface area contributed by atoms with E-state index in [1.165, 1.54) is 6.92 Å². The number of halogens is 2. The van der Waals surface area contributed by atoms with E-state index in [4.69, 9.17) is 5.11 Å². The molecule has 0 radical (unpaired) electrons. The van der Waals surface area contributed by atoms with Gasteiger partial charge in [-0.1, -0.05) is 6.92 Å². The highest BCUT2D eigenvalue weighted by Crippen LogP contribution is 2.30. The number of carboxylic acid groups (broad SMARTS) is 1. The summed E-state index contributed by atoms with van der Waals surface area (Å²) in [6.07, 6.45) is 0. The Kier molecular flexibility index (Phi) is 4.60. The van der Waals surface area contributed by atoms with Crippen LogP contribution in [0.2, 0.25) is 0 Å². The van der Waals surface area contributed by atoms with E-state index >= 15 is 0 Å². The molecule has 18 heavy (non-hydrogen) atoms. The van der Waals surface area contributed by atoms with Crippen LogP contribution in [0, 0.1) is 21.8 Å². The first-order valence-corrected chi connectivity index (χ1v) is 5.72. The van der Waals surface area contributed by atoms with Crippen molar-refractivity contribution in [3.05, 3.63) is 32.5 Å². The number of carbonyl (C=O) groups is 1. The largest absolute Gasteiger partial charge is 0.481 e. The molecule has 0 aliphatic rings. The quantitative estimate of drug-likeness (QED) is 0.642. The Morgan fingerprint density at radius 3 is 2.78 bits per heavy atom. The zero-order valence-electron chi connectivity index (χ0n) is 9.31. The molecule has 0 heterocycles. The summed E-state index contributed by atoms with van der Waals surface area (Å²) < 4.78 is 13.3. The second-order valence-corrected chi connectivity index (χ2v) is 4.52. The van der Waals surface area contributed by atoms with Crippen molar-refractivity contribution in [2.45, 2.75) is 6.92 Å². The number of hydrogen-bond donors (Lipinski definition) is 2. The maximum Gasteiger partial charge on any atom is 0.308 e. The van der Waals surface area contributed by atoms with Crippen LogP contribution in [-0.4, -0.2) is 22.5 Å². The first kappa shape index (κ1) is 14.4.